The van der Waals surface area contributed by atoms with Gasteiger partial charge in [0.2, 0.25) is 0 Å². The molecule has 2 rings (SSSR count). The first-order chi connectivity index (χ1) is 9.69. The third-order valence-corrected chi connectivity index (χ3v) is 3.57. The number of urea groups is 1. The van der Waals surface area contributed by atoms with Crippen molar-refractivity contribution in [2.75, 3.05) is 25.6 Å². The monoisotopic (exact) mass is 277 g/mol. The van der Waals surface area contributed by atoms with Crippen LogP contribution in [0.3, 0.4) is 0 Å². The molecule has 0 radical (unpaired) electrons. The van der Waals surface area contributed by atoms with E-state index in [1.54, 1.807) is 0 Å². The van der Waals surface area contributed by atoms with Gasteiger partial charge in [-0.3, -0.25) is 0 Å². The van der Waals surface area contributed by atoms with Crippen molar-refractivity contribution in [2.45, 2.75) is 31.8 Å². The zero-order valence-corrected chi connectivity index (χ0v) is 12.1. The van der Waals surface area contributed by atoms with Crippen LogP contribution in [0.5, 0.6) is 0 Å². The fourth-order valence-electron chi connectivity index (χ4n) is 2.26. The second-order valence-electron chi connectivity index (χ2n) is 5.15. The van der Waals surface area contributed by atoms with E-state index in [1.165, 1.54) is 0 Å². The molecule has 1 aromatic rings. The first kappa shape index (κ1) is 14.8. The second kappa shape index (κ2) is 7.26. The van der Waals surface area contributed by atoms with Gasteiger partial charge in [-0.05, 0) is 44.5 Å². The molecule has 1 heterocycles. The van der Waals surface area contributed by atoms with Crippen molar-refractivity contribution in [1.82, 2.24) is 10.6 Å². The molecule has 0 aromatic heterocycles. The highest BCUT2D eigenvalue weighted by atomic mass is 16.5. The lowest BCUT2D eigenvalue weighted by Crippen LogP contribution is -2.42. The normalized spacial score (nSPS) is 20.2. The molecule has 2 atom stereocenters. The number of hydrogen-bond acceptors (Lipinski definition) is 3. The summed E-state index contributed by atoms with van der Waals surface area (Å²) < 4.78 is 5.35. The average Bonchev–Trinajstić information content (AvgIpc) is 2.47. The molecular weight excluding hydrogens is 254 g/mol. The number of carbonyl (C=O) groups is 1. The van der Waals surface area contributed by atoms with Gasteiger partial charge in [-0.2, -0.15) is 0 Å². The Balaban J connectivity index is 1.90. The van der Waals surface area contributed by atoms with E-state index < -0.39 is 0 Å². The summed E-state index contributed by atoms with van der Waals surface area (Å²) in [5.41, 5.74) is 1.95. The molecule has 3 N–H and O–H groups in total. The van der Waals surface area contributed by atoms with Crippen molar-refractivity contribution in [1.29, 1.82) is 0 Å². The van der Waals surface area contributed by atoms with Crippen LogP contribution in [0.15, 0.2) is 24.3 Å². The Morgan fingerprint density at radius 2 is 2.30 bits per heavy atom. The summed E-state index contributed by atoms with van der Waals surface area (Å²) in [6.45, 7) is 3.48. The molecule has 110 valence electrons. The Morgan fingerprint density at radius 1 is 1.45 bits per heavy atom. The summed E-state index contributed by atoms with van der Waals surface area (Å²) in [6, 6.07) is 8.06. The number of carbonyl (C=O) groups excluding carboxylic acids is 1. The first-order valence-electron chi connectivity index (χ1n) is 7.11. The maximum atomic E-state index is 11.9. The number of amides is 2. The molecular formula is C15H23N3O2. The lowest BCUT2D eigenvalue weighted by Gasteiger charge is -2.23. The third-order valence-electron chi connectivity index (χ3n) is 3.57. The number of ether oxygens (including phenoxy) is 1. The Bertz CT molecular complexity index is 444. The van der Waals surface area contributed by atoms with Crippen LogP contribution in [0.25, 0.3) is 0 Å². The Morgan fingerprint density at radius 3 is 3.00 bits per heavy atom. The van der Waals surface area contributed by atoms with Gasteiger partial charge in [0.15, 0.2) is 0 Å². The fraction of sp³-hybridized carbons (Fsp3) is 0.533. The van der Waals surface area contributed by atoms with E-state index >= 15 is 0 Å². The van der Waals surface area contributed by atoms with Crippen LogP contribution in [0, 0.1) is 0 Å². The van der Waals surface area contributed by atoms with E-state index in [2.05, 4.69) is 22.9 Å². The molecule has 1 aliphatic heterocycles. The maximum absolute atomic E-state index is 11.9. The fourth-order valence-corrected chi connectivity index (χ4v) is 2.26. The van der Waals surface area contributed by atoms with Crippen LogP contribution in [0.2, 0.25) is 0 Å². The topological polar surface area (TPSA) is 62.4 Å². The molecule has 5 heteroatoms. The highest BCUT2D eigenvalue weighted by Gasteiger charge is 2.16. The number of rotatable bonds is 4. The Kier molecular flexibility index (Phi) is 5.38. The Hall–Kier alpha value is -1.59. The van der Waals surface area contributed by atoms with Crippen LogP contribution in [-0.2, 0) is 4.74 Å². The number of hydrogen-bond donors (Lipinski definition) is 3. The SMILES string of the molecule is CNC(C)c1cccc(NC(=O)NC2CCCOC2)c1. The van der Waals surface area contributed by atoms with E-state index in [-0.39, 0.29) is 18.1 Å². The van der Waals surface area contributed by atoms with Crippen LogP contribution >= 0.6 is 0 Å². The predicted molar refractivity (Wildman–Crippen MR) is 79.9 cm³/mol. The molecule has 1 aromatic carbocycles. The minimum absolute atomic E-state index is 0.114. The third kappa shape index (κ3) is 4.21. The summed E-state index contributed by atoms with van der Waals surface area (Å²) in [6.07, 6.45) is 1.98. The first-order valence-corrected chi connectivity index (χ1v) is 7.11. The molecule has 1 fully saturated rings. The van der Waals surface area contributed by atoms with Gasteiger partial charge in [-0.25, -0.2) is 4.79 Å². The molecule has 0 spiro atoms. The molecule has 20 heavy (non-hydrogen) atoms. The smallest absolute Gasteiger partial charge is 0.319 e. The lowest BCUT2D eigenvalue weighted by atomic mass is 10.1. The van der Waals surface area contributed by atoms with Gasteiger partial charge in [-0.1, -0.05) is 12.1 Å². The van der Waals surface area contributed by atoms with Gasteiger partial charge < -0.3 is 20.7 Å². The van der Waals surface area contributed by atoms with E-state index in [9.17, 15) is 4.79 Å². The van der Waals surface area contributed by atoms with Crippen LogP contribution in [0.1, 0.15) is 31.4 Å². The molecule has 0 aliphatic carbocycles. The van der Waals surface area contributed by atoms with Crippen molar-refractivity contribution in [3.63, 3.8) is 0 Å². The van der Waals surface area contributed by atoms with Crippen molar-refractivity contribution in [3.8, 4) is 0 Å². The highest BCUT2D eigenvalue weighted by Crippen LogP contribution is 2.17. The van der Waals surface area contributed by atoms with Gasteiger partial charge in [0, 0.05) is 18.3 Å². The second-order valence-corrected chi connectivity index (χ2v) is 5.15. The van der Waals surface area contributed by atoms with E-state index in [0.29, 0.717) is 6.61 Å². The largest absolute Gasteiger partial charge is 0.379 e. The molecule has 2 amide bonds. The van der Waals surface area contributed by atoms with Crippen LogP contribution in [0.4, 0.5) is 10.5 Å². The van der Waals surface area contributed by atoms with Crippen molar-refractivity contribution in [2.24, 2.45) is 0 Å². The summed E-state index contributed by atoms with van der Waals surface area (Å²) in [4.78, 5) is 11.9. The molecule has 1 aliphatic rings. The molecule has 1 saturated heterocycles. The molecule has 5 nitrogen and oxygen atoms in total. The van der Waals surface area contributed by atoms with Crippen LogP contribution in [-0.4, -0.2) is 32.3 Å². The van der Waals surface area contributed by atoms with Gasteiger partial charge in [0.25, 0.3) is 0 Å². The van der Waals surface area contributed by atoms with Gasteiger partial charge >= 0.3 is 6.03 Å². The van der Waals surface area contributed by atoms with Crippen LogP contribution < -0.4 is 16.0 Å². The van der Waals surface area contributed by atoms with Crippen molar-refractivity contribution < 1.29 is 9.53 Å². The summed E-state index contributed by atoms with van der Waals surface area (Å²) in [5, 5.41) is 9.00. The zero-order valence-electron chi connectivity index (χ0n) is 12.1. The lowest BCUT2D eigenvalue weighted by molar-refractivity contribution is 0.0739. The molecule has 0 saturated carbocycles. The molecule has 0 bridgehead atoms. The van der Waals surface area contributed by atoms with Crippen molar-refractivity contribution >= 4 is 11.7 Å². The average molecular weight is 277 g/mol. The summed E-state index contributed by atoms with van der Waals surface area (Å²) in [5.74, 6) is 0. The summed E-state index contributed by atoms with van der Waals surface area (Å²) in [7, 11) is 1.92. The van der Waals surface area contributed by atoms with Gasteiger partial charge in [0.1, 0.15) is 0 Å². The van der Waals surface area contributed by atoms with Gasteiger partial charge in [0.05, 0.1) is 12.6 Å². The Labute approximate surface area is 120 Å². The number of benzene rings is 1. The van der Waals surface area contributed by atoms with Crippen molar-refractivity contribution in [3.05, 3.63) is 29.8 Å². The quantitative estimate of drug-likeness (QED) is 0.791. The van der Waals surface area contributed by atoms with E-state index in [1.807, 2.05) is 31.3 Å². The maximum Gasteiger partial charge on any atom is 0.319 e. The number of anilines is 1. The zero-order chi connectivity index (χ0) is 14.4. The minimum Gasteiger partial charge on any atom is -0.379 e. The van der Waals surface area contributed by atoms with E-state index in [4.69, 9.17) is 4.74 Å². The minimum atomic E-state index is -0.172. The van der Waals surface area contributed by atoms with E-state index in [0.717, 1.165) is 30.7 Å². The summed E-state index contributed by atoms with van der Waals surface area (Å²) >= 11 is 0. The number of nitrogens with one attached hydrogen (secondary N) is 3. The standard InChI is InChI=1S/C15H23N3O2/c1-11(16-2)12-5-3-6-13(9-12)17-15(19)18-14-7-4-8-20-10-14/h3,5-6,9,11,14,16H,4,7-8,10H2,1-2H3,(H2,17,18,19). The van der Waals surface area contributed by atoms with Gasteiger partial charge in [-0.15, -0.1) is 0 Å². The molecule has 2 unspecified atom stereocenters. The highest BCUT2D eigenvalue weighted by molar-refractivity contribution is 5.89. The predicted octanol–water partition coefficient (Wildman–Crippen LogP) is 2.27.